The molecule has 100 valence electrons. The van der Waals surface area contributed by atoms with E-state index in [0.29, 0.717) is 6.54 Å². The Hall–Kier alpha value is -2.50. The highest BCUT2D eigenvalue weighted by Crippen LogP contribution is 2.20. The summed E-state index contributed by atoms with van der Waals surface area (Å²) in [6, 6.07) is 3.68. The molecule has 1 amide bonds. The molecule has 0 bridgehead atoms. The predicted octanol–water partition coefficient (Wildman–Crippen LogP) is 1.11. The maximum absolute atomic E-state index is 11.9. The molecule has 0 aliphatic heterocycles. The van der Waals surface area contributed by atoms with Gasteiger partial charge in [-0.3, -0.25) is 4.79 Å². The first-order chi connectivity index (χ1) is 9.04. The summed E-state index contributed by atoms with van der Waals surface area (Å²) in [5.74, 6) is -0.640. The molecule has 0 fully saturated rings. The van der Waals surface area contributed by atoms with Crippen LogP contribution in [-0.2, 0) is 6.54 Å². The van der Waals surface area contributed by atoms with Crippen molar-refractivity contribution in [2.24, 2.45) is 0 Å². The summed E-state index contributed by atoms with van der Waals surface area (Å²) in [4.78, 5) is 15.8. The Bertz CT molecular complexity index is 546. The second-order valence-corrected chi connectivity index (χ2v) is 4.37. The number of amides is 1. The number of carbonyl (C=O) groups excluding carboxylic acids is 1. The Morgan fingerprint density at radius 1 is 1.37 bits per heavy atom. The highest BCUT2D eigenvalue weighted by molar-refractivity contribution is 5.95. The number of hydrogen-bond donors (Lipinski definition) is 3. The van der Waals surface area contributed by atoms with Crippen molar-refractivity contribution in [3.8, 4) is 11.5 Å². The van der Waals surface area contributed by atoms with Crippen LogP contribution in [0.4, 0.5) is 0 Å². The van der Waals surface area contributed by atoms with Gasteiger partial charge in [0.15, 0.2) is 0 Å². The van der Waals surface area contributed by atoms with Crippen molar-refractivity contribution in [3.63, 3.8) is 0 Å². The number of phenols is 2. The molecule has 1 aromatic heterocycles. The van der Waals surface area contributed by atoms with Crippen LogP contribution in [0, 0.1) is 0 Å². The lowest BCUT2D eigenvalue weighted by Gasteiger charge is -2.14. The lowest BCUT2D eigenvalue weighted by Crippen LogP contribution is -2.35. The molecule has 1 aromatic carbocycles. The van der Waals surface area contributed by atoms with Crippen molar-refractivity contribution in [3.05, 3.63) is 42.5 Å². The summed E-state index contributed by atoms with van der Waals surface area (Å²) < 4.78 is 1.85. The molecule has 6 nitrogen and oxygen atoms in total. The molecule has 0 radical (unpaired) electrons. The number of aromatic hydroxyl groups is 2. The highest BCUT2D eigenvalue weighted by Gasteiger charge is 2.12. The molecule has 1 heterocycles. The summed E-state index contributed by atoms with van der Waals surface area (Å²) in [7, 11) is 0. The zero-order chi connectivity index (χ0) is 13.8. The van der Waals surface area contributed by atoms with Crippen LogP contribution in [0.15, 0.2) is 36.9 Å². The Kier molecular flexibility index (Phi) is 3.70. The Morgan fingerprint density at radius 3 is 2.63 bits per heavy atom. The average molecular weight is 261 g/mol. The minimum absolute atomic E-state index is 0.105. The van der Waals surface area contributed by atoms with E-state index in [1.165, 1.54) is 18.2 Å². The number of aromatic nitrogens is 2. The topological polar surface area (TPSA) is 87.4 Å². The van der Waals surface area contributed by atoms with Gasteiger partial charge in [0.25, 0.3) is 5.91 Å². The van der Waals surface area contributed by atoms with Crippen LogP contribution >= 0.6 is 0 Å². The van der Waals surface area contributed by atoms with Crippen LogP contribution in [0.5, 0.6) is 11.5 Å². The molecule has 19 heavy (non-hydrogen) atoms. The van der Waals surface area contributed by atoms with Gasteiger partial charge in [-0.1, -0.05) is 0 Å². The molecule has 3 N–H and O–H groups in total. The first-order valence-electron chi connectivity index (χ1n) is 5.84. The number of carbonyl (C=O) groups is 1. The third-order valence-corrected chi connectivity index (χ3v) is 2.59. The molecule has 0 aliphatic rings. The van der Waals surface area contributed by atoms with E-state index in [9.17, 15) is 15.0 Å². The van der Waals surface area contributed by atoms with Crippen LogP contribution < -0.4 is 5.32 Å². The first kappa shape index (κ1) is 12.9. The molecule has 2 aromatic rings. The minimum Gasteiger partial charge on any atom is -0.508 e. The van der Waals surface area contributed by atoms with Crippen LogP contribution in [0.25, 0.3) is 0 Å². The van der Waals surface area contributed by atoms with E-state index < -0.39 is 0 Å². The van der Waals surface area contributed by atoms with E-state index in [2.05, 4.69) is 10.3 Å². The van der Waals surface area contributed by atoms with E-state index in [-0.39, 0.29) is 29.0 Å². The molecule has 2 rings (SSSR count). The molecule has 0 saturated heterocycles. The number of benzene rings is 1. The van der Waals surface area contributed by atoms with Crippen molar-refractivity contribution in [1.29, 1.82) is 0 Å². The van der Waals surface area contributed by atoms with E-state index in [4.69, 9.17) is 0 Å². The monoisotopic (exact) mass is 261 g/mol. The number of nitrogens with one attached hydrogen (secondary N) is 1. The van der Waals surface area contributed by atoms with Gasteiger partial charge in [-0.15, -0.1) is 0 Å². The molecule has 0 saturated carbocycles. The van der Waals surface area contributed by atoms with Crippen molar-refractivity contribution in [1.82, 2.24) is 14.9 Å². The van der Waals surface area contributed by atoms with Gasteiger partial charge >= 0.3 is 0 Å². The molecule has 6 heteroatoms. The molecule has 0 aliphatic carbocycles. The van der Waals surface area contributed by atoms with Gasteiger partial charge in [0.05, 0.1) is 6.33 Å². The molecular weight excluding hydrogens is 246 g/mol. The zero-order valence-corrected chi connectivity index (χ0v) is 10.4. The second kappa shape index (κ2) is 5.43. The highest BCUT2D eigenvalue weighted by atomic mass is 16.3. The van der Waals surface area contributed by atoms with Crippen LogP contribution in [0.3, 0.4) is 0 Å². The van der Waals surface area contributed by atoms with Crippen LogP contribution in [-0.4, -0.2) is 31.7 Å². The van der Waals surface area contributed by atoms with Crippen molar-refractivity contribution >= 4 is 5.91 Å². The van der Waals surface area contributed by atoms with Gasteiger partial charge in [0, 0.05) is 36.6 Å². The van der Waals surface area contributed by atoms with Crippen LogP contribution in [0.2, 0.25) is 0 Å². The smallest absolute Gasteiger partial charge is 0.251 e. The maximum Gasteiger partial charge on any atom is 0.251 e. The average Bonchev–Trinajstić information content (AvgIpc) is 2.80. The largest absolute Gasteiger partial charge is 0.508 e. The van der Waals surface area contributed by atoms with Gasteiger partial charge in [0.1, 0.15) is 11.5 Å². The SMILES string of the molecule is CC(Cn1ccnc1)NC(=O)c1cc(O)cc(O)c1. The molecule has 1 unspecified atom stereocenters. The van der Waals surface area contributed by atoms with Crippen molar-refractivity contribution in [2.45, 2.75) is 19.5 Å². The third-order valence-electron chi connectivity index (χ3n) is 2.59. The number of hydrogen-bond acceptors (Lipinski definition) is 4. The number of nitrogens with zero attached hydrogens (tertiary/aromatic N) is 2. The summed E-state index contributed by atoms with van der Waals surface area (Å²) in [6.07, 6.45) is 5.15. The maximum atomic E-state index is 11.9. The fraction of sp³-hybridized carbons (Fsp3) is 0.231. The zero-order valence-electron chi connectivity index (χ0n) is 10.4. The van der Waals surface area contributed by atoms with Crippen molar-refractivity contribution < 1.29 is 15.0 Å². The Labute approximate surface area is 110 Å². The van der Waals surface area contributed by atoms with E-state index in [1.54, 1.807) is 12.5 Å². The summed E-state index contributed by atoms with van der Waals surface area (Å²) in [6.45, 7) is 2.46. The fourth-order valence-corrected chi connectivity index (χ4v) is 1.79. The van der Waals surface area contributed by atoms with E-state index in [0.717, 1.165) is 0 Å². The second-order valence-electron chi connectivity index (χ2n) is 4.37. The first-order valence-corrected chi connectivity index (χ1v) is 5.84. The fourth-order valence-electron chi connectivity index (χ4n) is 1.79. The Morgan fingerprint density at radius 2 is 2.05 bits per heavy atom. The molecule has 0 spiro atoms. The Balaban J connectivity index is 2.00. The standard InChI is InChI=1S/C13H15N3O3/c1-9(7-16-3-2-14-8-16)15-13(19)10-4-11(17)6-12(18)5-10/h2-6,8-9,17-18H,7H2,1H3,(H,15,19). The van der Waals surface area contributed by atoms with Gasteiger partial charge in [-0.2, -0.15) is 0 Å². The summed E-state index contributed by atoms with van der Waals surface area (Å²) in [5.41, 5.74) is 0.218. The van der Waals surface area contributed by atoms with Gasteiger partial charge in [-0.05, 0) is 19.1 Å². The number of rotatable bonds is 4. The van der Waals surface area contributed by atoms with Crippen LogP contribution in [0.1, 0.15) is 17.3 Å². The quantitative estimate of drug-likeness (QED) is 0.769. The van der Waals surface area contributed by atoms with E-state index in [1.807, 2.05) is 17.7 Å². The molecular formula is C13H15N3O3. The molecule has 1 atom stereocenters. The number of imidazole rings is 1. The lowest BCUT2D eigenvalue weighted by atomic mass is 10.1. The predicted molar refractivity (Wildman–Crippen MR) is 68.9 cm³/mol. The van der Waals surface area contributed by atoms with Gasteiger partial charge in [0.2, 0.25) is 0 Å². The van der Waals surface area contributed by atoms with Crippen molar-refractivity contribution in [2.75, 3.05) is 0 Å². The van der Waals surface area contributed by atoms with Gasteiger partial charge in [-0.25, -0.2) is 4.98 Å². The summed E-state index contributed by atoms with van der Waals surface area (Å²) in [5, 5.41) is 21.4. The normalized spacial score (nSPS) is 12.1. The van der Waals surface area contributed by atoms with Gasteiger partial charge < -0.3 is 20.1 Å². The van der Waals surface area contributed by atoms with E-state index >= 15 is 0 Å². The lowest BCUT2D eigenvalue weighted by molar-refractivity contribution is 0.0936. The third kappa shape index (κ3) is 3.48. The number of phenolic OH excluding ortho intramolecular Hbond substituents is 2. The minimum atomic E-state index is -0.348. The summed E-state index contributed by atoms with van der Waals surface area (Å²) >= 11 is 0.